The van der Waals surface area contributed by atoms with E-state index >= 15 is 0 Å². The van der Waals surface area contributed by atoms with Crippen LogP contribution in [0.2, 0.25) is 0 Å². The molecule has 0 aliphatic carbocycles. The van der Waals surface area contributed by atoms with E-state index in [0.717, 1.165) is 0 Å². The Morgan fingerprint density at radius 1 is 1.53 bits per heavy atom. The van der Waals surface area contributed by atoms with Gasteiger partial charge in [0.2, 0.25) is 5.76 Å². The molecular weight excluding hydrogens is 244 g/mol. The highest BCUT2D eigenvalue weighted by atomic mass is 32.1. The van der Waals surface area contributed by atoms with Crippen LogP contribution >= 0.6 is 11.3 Å². The largest absolute Gasteiger partial charge is 0.457 e. The highest BCUT2D eigenvalue weighted by Gasteiger charge is 2.12. The number of nitrogens with zero attached hydrogens (tertiary/aromatic N) is 1. The van der Waals surface area contributed by atoms with Crippen LogP contribution in [0, 0.1) is 0 Å². The molecule has 0 unspecified atom stereocenters. The molecule has 1 N–H and O–H groups in total. The molecule has 0 spiro atoms. The molecule has 0 aliphatic heterocycles. The number of amides is 1. The Morgan fingerprint density at radius 3 is 3.06 bits per heavy atom. The van der Waals surface area contributed by atoms with Crippen LogP contribution in [0.5, 0.6) is 0 Å². The summed E-state index contributed by atoms with van der Waals surface area (Å²) < 4.78 is 9.55. The maximum Gasteiger partial charge on any atom is 0.374 e. The minimum atomic E-state index is -0.677. The lowest BCUT2D eigenvalue weighted by molar-refractivity contribution is -0.119. The quantitative estimate of drug-likeness (QED) is 0.834. The SMILES string of the molecule is O=C(COC(=O)c1ccco1)Nc1nccs1. The summed E-state index contributed by atoms with van der Waals surface area (Å²) in [4.78, 5) is 26.5. The fraction of sp³-hybridized carbons (Fsp3) is 0.100. The number of anilines is 1. The minimum absolute atomic E-state index is 0.0621. The van der Waals surface area contributed by atoms with Crippen molar-refractivity contribution in [2.24, 2.45) is 0 Å². The van der Waals surface area contributed by atoms with Crippen molar-refractivity contribution in [2.45, 2.75) is 0 Å². The molecule has 2 rings (SSSR count). The van der Waals surface area contributed by atoms with Crippen LogP contribution in [-0.4, -0.2) is 23.5 Å². The Labute approximate surface area is 100 Å². The molecule has 2 heterocycles. The molecule has 2 aromatic heterocycles. The third-order valence-corrected chi connectivity index (χ3v) is 2.42. The summed E-state index contributed by atoms with van der Waals surface area (Å²) in [6, 6.07) is 3.02. The predicted molar refractivity (Wildman–Crippen MR) is 59.7 cm³/mol. The number of ether oxygens (including phenoxy) is 1. The molecule has 7 heteroatoms. The predicted octanol–water partition coefficient (Wildman–Crippen LogP) is 1.53. The first-order valence-corrected chi connectivity index (χ1v) is 5.53. The smallest absolute Gasteiger partial charge is 0.374 e. The molecule has 0 saturated heterocycles. The normalized spacial score (nSPS) is 9.88. The van der Waals surface area contributed by atoms with Crippen molar-refractivity contribution in [3.05, 3.63) is 35.7 Å². The van der Waals surface area contributed by atoms with Gasteiger partial charge in [-0.3, -0.25) is 10.1 Å². The first kappa shape index (κ1) is 11.3. The van der Waals surface area contributed by atoms with E-state index in [-0.39, 0.29) is 12.4 Å². The molecule has 0 bridgehead atoms. The van der Waals surface area contributed by atoms with Crippen molar-refractivity contribution >= 4 is 28.3 Å². The fourth-order valence-electron chi connectivity index (χ4n) is 1.04. The zero-order valence-electron chi connectivity index (χ0n) is 8.58. The fourth-order valence-corrected chi connectivity index (χ4v) is 1.58. The molecule has 88 valence electrons. The van der Waals surface area contributed by atoms with Crippen LogP contribution in [0.25, 0.3) is 0 Å². The lowest BCUT2D eigenvalue weighted by Crippen LogP contribution is -2.20. The van der Waals surface area contributed by atoms with Crippen LogP contribution in [0.4, 0.5) is 5.13 Å². The average Bonchev–Trinajstić information content (AvgIpc) is 2.97. The zero-order chi connectivity index (χ0) is 12.1. The first-order chi connectivity index (χ1) is 8.25. The summed E-state index contributed by atoms with van der Waals surface area (Å²) in [5.41, 5.74) is 0. The number of furan rings is 1. The van der Waals surface area contributed by atoms with Crippen LogP contribution in [0.15, 0.2) is 34.4 Å². The first-order valence-electron chi connectivity index (χ1n) is 4.65. The van der Waals surface area contributed by atoms with E-state index in [0.29, 0.717) is 5.13 Å². The molecule has 17 heavy (non-hydrogen) atoms. The number of carbonyl (C=O) groups is 2. The molecule has 2 aromatic rings. The van der Waals surface area contributed by atoms with Crippen molar-refractivity contribution < 1.29 is 18.7 Å². The second-order valence-corrected chi connectivity index (χ2v) is 3.83. The molecule has 0 aliphatic rings. The van der Waals surface area contributed by atoms with Crippen molar-refractivity contribution in [3.63, 3.8) is 0 Å². The molecule has 0 saturated carbocycles. The van der Waals surface area contributed by atoms with Gasteiger partial charge in [-0.1, -0.05) is 0 Å². The zero-order valence-corrected chi connectivity index (χ0v) is 9.40. The Hall–Kier alpha value is -2.15. The number of rotatable bonds is 4. The van der Waals surface area contributed by atoms with E-state index in [1.165, 1.54) is 23.7 Å². The Kier molecular flexibility index (Phi) is 3.51. The highest BCUT2D eigenvalue weighted by Crippen LogP contribution is 2.10. The molecule has 6 nitrogen and oxygen atoms in total. The molecule has 0 fully saturated rings. The number of thiazole rings is 1. The number of aromatic nitrogens is 1. The van der Waals surface area contributed by atoms with E-state index in [9.17, 15) is 9.59 Å². The number of hydrogen-bond donors (Lipinski definition) is 1. The summed E-state index contributed by atoms with van der Waals surface area (Å²) in [6.07, 6.45) is 2.92. The molecule has 0 aromatic carbocycles. The van der Waals surface area contributed by atoms with Crippen molar-refractivity contribution in [3.8, 4) is 0 Å². The second-order valence-electron chi connectivity index (χ2n) is 2.94. The average molecular weight is 252 g/mol. The van der Waals surface area contributed by atoms with Gasteiger partial charge < -0.3 is 9.15 Å². The number of nitrogens with one attached hydrogen (secondary N) is 1. The second kappa shape index (κ2) is 5.26. The van der Waals surface area contributed by atoms with Gasteiger partial charge in [0.1, 0.15) is 0 Å². The van der Waals surface area contributed by atoms with Crippen molar-refractivity contribution in [1.82, 2.24) is 4.98 Å². The lowest BCUT2D eigenvalue weighted by atomic mass is 10.4. The van der Waals surface area contributed by atoms with Gasteiger partial charge in [-0.15, -0.1) is 11.3 Å². The van der Waals surface area contributed by atoms with Gasteiger partial charge in [0.25, 0.3) is 5.91 Å². The maximum absolute atomic E-state index is 11.3. The van der Waals surface area contributed by atoms with Crippen molar-refractivity contribution in [2.75, 3.05) is 11.9 Å². The summed E-state index contributed by atoms with van der Waals surface area (Å²) in [7, 11) is 0. The monoisotopic (exact) mass is 252 g/mol. The van der Waals surface area contributed by atoms with Crippen LogP contribution in [0.3, 0.4) is 0 Å². The van der Waals surface area contributed by atoms with Gasteiger partial charge in [-0.2, -0.15) is 0 Å². The summed E-state index contributed by atoms with van der Waals surface area (Å²) in [6.45, 7) is -0.376. The summed E-state index contributed by atoms with van der Waals surface area (Å²) in [5.74, 6) is -1.06. The van der Waals surface area contributed by atoms with E-state index in [1.54, 1.807) is 17.6 Å². The lowest BCUT2D eigenvalue weighted by Gasteiger charge is -2.02. The third-order valence-electron chi connectivity index (χ3n) is 1.74. The van der Waals surface area contributed by atoms with Crippen LogP contribution in [-0.2, 0) is 9.53 Å². The topological polar surface area (TPSA) is 81.4 Å². The van der Waals surface area contributed by atoms with Gasteiger partial charge >= 0.3 is 5.97 Å². The van der Waals surface area contributed by atoms with Gasteiger partial charge in [0.15, 0.2) is 11.7 Å². The summed E-state index contributed by atoms with van der Waals surface area (Å²) in [5, 5.41) is 4.67. The Bertz CT molecular complexity index is 492. The van der Waals surface area contributed by atoms with Crippen LogP contribution in [0.1, 0.15) is 10.6 Å². The van der Waals surface area contributed by atoms with Gasteiger partial charge in [-0.25, -0.2) is 9.78 Å². The standard InChI is InChI=1S/C10H8N2O4S/c13-8(12-10-11-3-5-17-10)6-16-9(14)7-2-1-4-15-7/h1-5H,6H2,(H,11,12,13). The highest BCUT2D eigenvalue weighted by molar-refractivity contribution is 7.13. The number of carbonyl (C=O) groups excluding carboxylic acids is 2. The van der Waals surface area contributed by atoms with Crippen LogP contribution < -0.4 is 5.32 Å². The van der Waals surface area contributed by atoms with Crippen molar-refractivity contribution in [1.29, 1.82) is 0 Å². The molecule has 0 radical (unpaired) electrons. The van der Waals surface area contributed by atoms with E-state index in [1.807, 2.05) is 0 Å². The number of hydrogen-bond acceptors (Lipinski definition) is 6. The Morgan fingerprint density at radius 2 is 2.41 bits per heavy atom. The molecule has 1 amide bonds. The number of esters is 1. The Balaban J connectivity index is 1.79. The van der Waals surface area contributed by atoms with E-state index in [2.05, 4.69) is 10.3 Å². The van der Waals surface area contributed by atoms with Gasteiger partial charge in [-0.05, 0) is 12.1 Å². The summed E-state index contributed by atoms with van der Waals surface area (Å²) >= 11 is 1.28. The third kappa shape index (κ3) is 3.15. The molecule has 0 atom stereocenters. The van der Waals surface area contributed by atoms with Gasteiger partial charge in [0.05, 0.1) is 6.26 Å². The van der Waals surface area contributed by atoms with E-state index < -0.39 is 11.9 Å². The van der Waals surface area contributed by atoms with Gasteiger partial charge in [0, 0.05) is 11.6 Å². The maximum atomic E-state index is 11.3. The molecular formula is C10H8N2O4S. The minimum Gasteiger partial charge on any atom is -0.457 e. The van der Waals surface area contributed by atoms with E-state index in [4.69, 9.17) is 9.15 Å².